The molecule has 1 aromatic rings. The zero-order valence-corrected chi connectivity index (χ0v) is 9.76. The lowest BCUT2D eigenvalue weighted by Gasteiger charge is -2.06. The van der Waals surface area contributed by atoms with E-state index in [1.54, 1.807) is 0 Å². The van der Waals surface area contributed by atoms with Gasteiger partial charge in [0.05, 0.1) is 6.61 Å². The standard InChI is InChI=1S/C11H15NO2S/c1-3-14-10-7-5-6-9(8-10)12-11(13)15-4-2/h5-8H,3-4H2,1-2H3,(H,12,13). The van der Waals surface area contributed by atoms with Crippen LogP contribution in [0.15, 0.2) is 24.3 Å². The van der Waals surface area contributed by atoms with Gasteiger partial charge < -0.3 is 10.1 Å². The number of benzene rings is 1. The highest BCUT2D eigenvalue weighted by Gasteiger charge is 2.01. The Morgan fingerprint density at radius 2 is 2.27 bits per heavy atom. The van der Waals surface area contributed by atoms with Crippen molar-refractivity contribution in [2.24, 2.45) is 0 Å². The Labute approximate surface area is 94.2 Å². The molecular formula is C11H15NO2S. The van der Waals surface area contributed by atoms with Crippen LogP contribution in [-0.2, 0) is 0 Å². The molecule has 82 valence electrons. The van der Waals surface area contributed by atoms with E-state index in [9.17, 15) is 4.79 Å². The molecular weight excluding hydrogens is 210 g/mol. The lowest BCUT2D eigenvalue weighted by atomic mass is 10.3. The van der Waals surface area contributed by atoms with Crippen LogP contribution in [0.25, 0.3) is 0 Å². The molecule has 0 aliphatic carbocycles. The Balaban J connectivity index is 2.60. The van der Waals surface area contributed by atoms with Crippen molar-refractivity contribution in [2.75, 3.05) is 17.7 Å². The number of hydrogen-bond donors (Lipinski definition) is 1. The van der Waals surface area contributed by atoms with Crippen LogP contribution in [0.4, 0.5) is 10.5 Å². The molecule has 0 aromatic heterocycles. The van der Waals surface area contributed by atoms with Gasteiger partial charge in [-0.05, 0) is 24.8 Å². The molecule has 0 unspecified atom stereocenters. The Hall–Kier alpha value is -1.16. The molecule has 0 spiro atoms. The third-order valence-corrected chi connectivity index (χ3v) is 2.32. The average molecular weight is 225 g/mol. The van der Waals surface area contributed by atoms with Crippen molar-refractivity contribution in [3.8, 4) is 5.75 Å². The molecule has 0 saturated carbocycles. The Bertz CT molecular complexity index is 328. The zero-order valence-electron chi connectivity index (χ0n) is 8.95. The van der Waals surface area contributed by atoms with Gasteiger partial charge in [-0.15, -0.1) is 0 Å². The third-order valence-electron chi connectivity index (χ3n) is 1.67. The molecule has 0 aliphatic heterocycles. The summed E-state index contributed by atoms with van der Waals surface area (Å²) in [5.41, 5.74) is 0.770. The molecule has 1 amide bonds. The maximum Gasteiger partial charge on any atom is 0.283 e. The number of amides is 1. The van der Waals surface area contributed by atoms with E-state index in [1.807, 2.05) is 38.1 Å². The topological polar surface area (TPSA) is 38.3 Å². The molecule has 0 aliphatic rings. The molecule has 0 fully saturated rings. The summed E-state index contributed by atoms with van der Waals surface area (Å²) < 4.78 is 5.33. The fourth-order valence-corrected chi connectivity index (χ4v) is 1.57. The van der Waals surface area contributed by atoms with E-state index in [0.29, 0.717) is 6.61 Å². The summed E-state index contributed by atoms with van der Waals surface area (Å²) in [5.74, 6) is 1.55. The number of ether oxygens (including phenoxy) is 1. The van der Waals surface area contributed by atoms with Gasteiger partial charge in [0.1, 0.15) is 5.75 Å². The fraction of sp³-hybridized carbons (Fsp3) is 0.364. The van der Waals surface area contributed by atoms with Gasteiger partial charge in [-0.2, -0.15) is 0 Å². The molecule has 0 bridgehead atoms. The van der Waals surface area contributed by atoms with Crippen molar-refractivity contribution in [3.05, 3.63) is 24.3 Å². The van der Waals surface area contributed by atoms with Gasteiger partial charge in [-0.1, -0.05) is 24.8 Å². The summed E-state index contributed by atoms with van der Waals surface area (Å²) in [4.78, 5) is 11.3. The summed E-state index contributed by atoms with van der Waals surface area (Å²) in [5, 5.41) is 2.75. The van der Waals surface area contributed by atoms with Crippen molar-refractivity contribution in [1.29, 1.82) is 0 Å². The van der Waals surface area contributed by atoms with Crippen molar-refractivity contribution in [1.82, 2.24) is 0 Å². The van der Waals surface area contributed by atoms with E-state index in [2.05, 4.69) is 5.32 Å². The fourth-order valence-electron chi connectivity index (χ4n) is 1.12. The van der Waals surface area contributed by atoms with Crippen LogP contribution in [0, 0.1) is 0 Å². The average Bonchev–Trinajstić information content (AvgIpc) is 2.19. The second-order valence-corrected chi connectivity index (χ2v) is 4.04. The van der Waals surface area contributed by atoms with E-state index >= 15 is 0 Å². The Morgan fingerprint density at radius 1 is 1.47 bits per heavy atom. The lowest BCUT2D eigenvalue weighted by molar-refractivity contribution is 0.270. The van der Waals surface area contributed by atoms with Crippen LogP contribution in [0.1, 0.15) is 13.8 Å². The van der Waals surface area contributed by atoms with Crippen molar-refractivity contribution >= 4 is 22.7 Å². The number of carbonyl (C=O) groups is 1. The van der Waals surface area contributed by atoms with E-state index in [0.717, 1.165) is 17.2 Å². The van der Waals surface area contributed by atoms with Gasteiger partial charge in [-0.3, -0.25) is 4.79 Å². The third kappa shape index (κ3) is 4.25. The molecule has 0 radical (unpaired) electrons. The van der Waals surface area contributed by atoms with Gasteiger partial charge in [0.25, 0.3) is 5.24 Å². The number of nitrogens with one attached hydrogen (secondary N) is 1. The van der Waals surface area contributed by atoms with Crippen molar-refractivity contribution in [2.45, 2.75) is 13.8 Å². The first-order valence-electron chi connectivity index (χ1n) is 4.93. The van der Waals surface area contributed by atoms with E-state index in [-0.39, 0.29) is 5.24 Å². The van der Waals surface area contributed by atoms with E-state index in [4.69, 9.17) is 4.74 Å². The zero-order chi connectivity index (χ0) is 11.1. The highest BCUT2D eigenvalue weighted by molar-refractivity contribution is 8.13. The van der Waals surface area contributed by atoms with E-state index < -0.39 is 0 Å². The van der Waals surface area contributed by atoms with E-state index in [1.165, 1.54) is 11.8 Å². The SMILES string of the molecule is CCOc1cccc(NC(=O)SCC)c1. The number of hydrogen-bond acceptors (Lipinski definition) is 3. The highest BCUT2D eigenvalue weighted by atomic mass is 32.2. The Kier molecular flexibility index (Phi) is 5.04. The molecule has 1 aromatic carbocycles. The van der Waals surface area contributed by atoms with Gasteiger partial charge in [0.2, 0.25) is 0 Å². The molecule has 4 heteroatoms. The van der Waals surface area contributed by atoms with Crippen LogP contribution in [0.2, 0.25) is 0 Å². The van der Waals surface area contributed by atoms with Crippen LogP contribution in [0.5, 0.6) is 5.75 Å². The molecule has 0 atom stereocenters. The van der Waals surface area contributed by atoms with Crippen molar-refractivity contribution < 1.29 is 9.53 Å². The highest BCUT2D eigenvalue weighted by Crippen LogP contribution is 2.18. The van der Waals surface area contributed by atoms with Crippen LogP contribution < -0.4 is 10.1 Å². The minimum Gasteiger partial charge on any atom is -0.494 e. The minimum atomic E-state index is -0.0360. The number of thioether (sulfide) groups is 1. The first-order chi connectivity index (χ1) is 7.26. The second kappa shape index (κ2) is 6.35. The Morgan fingerprint density at radius 3 is 2.93 bits per heavy atom. The predicted octanol–water partition coefficient (Wildman–Crippen LogP) is 3.37. The molecule has 0 saturated heterocycles. The van der Waals surface area contributed by atoms with Gasteiger partial charge in [0, 0.05) is 11.8 Å². The van der Waals surface area contributed by atoms with Crippen LogP contribution in [-0.4, -0.2) is 17.6 Å². The summed E-state index contributed by atoms with van der Waals surface area (Å²) in [7, 11) is 0. The maximum absolute atomic E-state index is 11.3. The maximum atomic E-state index is 11.3. The smallest absolute Gasteiger partial charge is 0.283 e. The molecule has 3 nitrogen and oxygen atoms in total. The quantitative estimate of drug-likeness (QED) is 0.853. The minimum absolute atomic E-state index is 0.0360. The van der Waals surface area contributed by atoms with Crippen LogP contribution in [0.3, 0.4) is 0 Å². The summed E-state index contributed by atoms with van der Waals surface area (Å²) in [6, 6.07) is 7.39. The largest absolute Gasteiger partial charge is 0.494 e. The van der Waals surface area contributed by atoms with Gasteiger partial charge in [0.15, 0.2) is 0 Å². The number of carbonyl (C=O) groups excluding carboxylic acids is 1. The first-order valence-corrected chi connectivity index (χ1v) is 5.91. The number of anilines is 1. The monoisotopic (exact) mass is 225 g/mol. The van der Waals surface area contributed by atoms with Crippen LogP contribution >= 0.6 is 11.8 Å². The van der Waals surface area contributed by atoms with Gasteiger partial charge >= 0.3 is 0 Å². The second-order valence-electron chi connectivity index (χ2n) is 2.81. The normalized spacial score (nSPS) is 9.73. The van der Waals surface area contributed by atoms with Crippen molar-refractivity contribution in [3.63, 3.8) is 0 Å². The molecule has 15 heavy (non-hydrogen) atoms. The molecule has 1 N–H and O–H groups in total. The first kappa shape index (κ1) is 11.9. The molecule has 0 heterocycles. The summed E-state index contributed by atoms with van der Waals surface area (Å²) in [6.07, 6.45) is 0. The van der Waals surface area contributed by atoms with Gasteiger partial charge in [-0.25, -0.2) is 0 Å². The predicted molar refractivity (Wildman–Crippen MR) is 64.8 cm³/mol. The summed E-state index contributed by atoms with van der Waals surface area (Å²) >= 11 is 1.25. The molecule has 1 rings (SSSR count). The number of rotatable bonds is 4. The lowest BCUT2D eigenvalue weighted by Crippen LogP contribution is -2.05. The summed E-state index contributed by atoms with van der Waals surface area (Å²) in [6.45, 7) is 4.50.